The van der Waals surface area contributed by atoms with Crippen LogP contribution in [-0.4, -0.2) is 61.4 Å². The van der Waals surface area contributed by atoms with E-state index in [1.165, 1.54) is 25.7 Å². The highest BCUT2D eigenvalue weighted by atomic mass is 16.2. The van der Waals surface area contributed by atoms with E-state index >= 15 is 0 Å². The first-order valence-electron chi connectivity index (χ1n) is 7.86. The topological polar surface area (TPSA) is 47.9 Å². The van der Waals surface area contributed by atoms with Crippen LogP contribution in [0.3, 0.4) is 0 Å². The van der Waals surface area contributed by atoms with E-state index in [0.717, 1.165) is 44.6 Å². The number of carbonyl (C=O) groups excluding carboxylic acids is 1. The van der Waals surface area contributed by atoms with Crippen LogP contribution < -0.4 is 5.32 Å². The van der Waals surface area contributed by atoms with Gasteiger partial charge in [-0.05, 0) is 37.0 Å². The Kier molecular flexibility index (Phi) is 3.61. The number of hydrogen-bond donors (Lipinski definition) is 1. The molecular formula is C15H26N4O. The molecule has 1 aliphatic heterocycles. The second-order valence-electron chi connectivity index (χ2n) is 6.53. The Bertz CT molecular complexity index is 404. The van der Waals surface area contributed by atoms with Crippen molar-refractivity contribution >= 4 is 11.9 Å². The Labute approximate surface area is 121 Å². The van der Waals surface area contributed by atoms with Gasteiger partial charge in [-0.25, -0.2) is 0 Å². The number of carbonyl (C=O) groups is 1. The summed E-state index contributed by atoms with van der Waals surface area (Å²) in [7, 11) is 1.86. The molecule has 0 aromatic heterocycles. The lowest BCUT2D eigenvalue weighted by Crippen LogP contribution is -2.54. The van der Waals surface area contributed by atoms with Crippen LogP contribution >= 0.6 is 0 Å². The lowest BCUT2D eigenvalue weighted by atomic mass is 10.0. The van der Waals surface area contributed by atoms with Gasteiger partial charge in [0.2, 0.25) is 5.91 Å². The van der Waals surface area contributed by atoms with E-state index in [1.54, 1.807) is 6.92 Å². The molecule has 3 rings (SSSR count). The monoisotopic (exact) mass is 278 g/mol. The van der Waals surface area contributed by atoms with Gasteiger partial charge in [0.15, 0.2) is 5.96 Å². The summed E-state index contributed by atoms with van der Waals surface area (Å²) in [5.74, 6) is 2.17. The van der Waals surface area contributed by atoms with E-state index in [2.05, 4.69) is 15.2 Å². The normalized spacial score (nSPS) is 25.6. The zero-order valence-corrected chi connectivity index (χ0v) is 12.7. The van der Waals surface area contributed by atoms with Gasteiger partial charge in [-0.15, -0.1) is 0 Å². The number of amides is 1. The van der Waals surface area contributed by atoms with E-state index in [9.17, 15) is 4.79 Å². The van der Waals surface area contributed by atoms with Gasteiger partial charge in [0.25, 0.3) is 0 Å². The molecule has 1 amide bonds. The predicted octanol–water partition coefficient (Wildman–Crippen LogP) is 0.916. The second kappa shape index (κ2) is 5.26. The molecule has 112 valence electrons. The first kappa shape index (κ1) is 13.7. The van der Waals surface area contributed by atoms with Gasteiger partial charge in [0, 0.05) is 46.7 Å². The smallest absolute Gasteiger partial charge is 0.219 e. The van der Waals surface area contributed by atoms with Gasteiger partial charge < -0.3 is 15.1 Å². The van der Waals surface area contributed by atoms with E-state index in [4.69, 9.17) is 0 Å². The molecule has 0 radical (unpaired) electrons. The molecule has 0 aromatic carbocycles. The fourth-order valence-electron chi connectivity index (χ4n) is 3.41. The lowest BCUT2D eigenvalue weighted by Gasteiger charge is -2.36. The molecule has 5 heteroatoms. The first-order chi connectivity index (χ1) is 9.64. The molecule has 1 heterocycles. The quantitative estimate of drug-likeness (QED) is 0.617. The summed E-state index contributed by atoms with van der Waals surface area (Å²) in [6.07, 6.45) is 5.63. The molecule has 2 saturated carbocycles. The highest BCUT2D eigenvalue weighted by Crippen LogP contribution is 2.60. The summed E-state index contributed by atoms with van der Waals surface area (Å²) in [5.41, 5.74) is 0.594. The van der Waals surface area contributed by atoms with Gasteiger partial charge in [0.1, 0.15) is 0 Å². The minimum Gasteiger partial charge on any atom is -0.356 e. The molecule has 1 saturated heterocycles. The molecule has 1 N–H and O–H groups in total. The molecule has 5 nitrogen and oxygen atoms in total. The molecule has 20 heavy (non-hydrogen) atoms. The van der Waals surface area contributed by atoms with Gasteiger partial charge in [0.05, 0.1) is 0 Å². The van der Waals surface area contributed by atoms with Gasteiger partial charge in [-0.2, -0.15) is 0 Å². The zero-order chi connectivity index (χ0) is 14.2. The number of hydrogen-bond acceptors (Lipinski definition) is 2. The maximum atomic E-state index is 11.4. The zero-order valence-electron chi connectivity index (χ0n) is 12.7. The van der Waals surface area contributed by atoms with Crippen molar-refractivity contribution in [2.45, 2.75) is 32.6 Å². The minimum absolute atomic E-state index is 0.179. The highest BCUT2D eigenvalue weighted by molar-refractivity contribution is 5.80. The third kappa shape index (κ3) is 2.76. The molecule has 0 atom stereocenters. The van der Waals surface area contributed by atoms with Crippen LogP contribution in [0, 0.1) is 11.3 Å². The largest absolute Gasteiger partial charge is 0.356 e. The third-order valence-electron chi connectivity index (χ3n) is 5.17. The van der Waals surface area contributed by atoms with E-state index in [-0.39, 0.29) is 5.91 Å². The van der Waals surface area contributed by atoms with Crippen LogP contribution in [0.25, 0.3) is 0 Å². The summed E-state index contributed by atoms with van der Waals surface area (Å²) in [4.78, 5) is 20.0. The van der Waals surface area contributed by atoms with Gasteiger partial charge in [-0.3, -0.25) is 9.79 Å². The SMILES string of the molecule is CN=C(NCC1(C2CC2)CC1)N1CCN(C(C)=O)CC1. The van der Waals surface area contributed by atoms with E-state index < -0.39 is 0 Å². The standard InChI is InChI=1S/C15H26N4O/c1-12(20)18-7-9-19(10-8-18)14(16-2)17-11-15(5-6-15)13-3-4-13/h13H,3-11H2,1-2H3,(H,16,17). The molecule has 0 spiro atoms. The molecule has 3 aliphatic rings. The van der Waals surface area contributed by atoms with Crippen molar-refractivity contribution in [3.63, 3.8) is 0 Å². The van der Waals surface area contributed by atoms with Crippen molar-refractivity contribution in [3.05, 3.63) is 0 Å². The van der Waals surface area contributed by atoms with Crippen LogP contribution in [0.1, 0.15) is 32.6 Å². The summed E-state index contributed by atoms with van der Waals surface area (Å²) < 4.78 is 0. The average Bonchev–Trinajstić information content (AvgIpc) is 3.32. The molecule has 3 fully saturated rings. The number of rotatable bonds is 3. The van der Waals surface area contributed by atoms with Crippen molar-refractivity contribution in [1.29, 1.82) is 0 Å². The molecule has 0 aromatic rings. The Morgan fingerprint density at radius 1 is 1.20 bits per heavy atom. The van der Waals surface area contributed by atoms with Crippen molar-refractivity contribution in [2.75, 3.05) is 39.8 Å². The maximum Gasteiger partial charge on any atom is 0.219 e. The van der Waals surface area contributed by atoms with Crippen molar-refractivity contribution in [1.82, 2.24) is 15.1 Å². The fraction of sp³-hybridized carbons (Fsp3) is 0.867. The lowest BCUT2D eigenvalue weighted by molar-refractivity contribution is -0.130. The average molecular weight is 278 g/mol. The molecule has 2 aliphatic carbocycles. The molecular weight excluding hydrogens is 252 g/mol. The number of nitrogens with one attached hydrogen (secondary N) is 1. The number of piperazine rings is 1. The van der Waals surface area contributed by atoms with Crippen LogP contribution in [0.15, 0.2) is 4.99 Å². The third-order valence-corrected chi connectivity index (χ3v) is 5.17. The predicted molar refractivity (Wildman–Crippen MR) is 79.6 cm³/mol. The number of aliphatic imine (C=N–C) groups is 1. The number of guanidine groups is 1. The highest BCUT2D eigenvalue weighted by Gasteiger charge is 2.53. The summed E-state index contributed by atoms with van der Waals surface area (Å²) in [6, 6.07) is 0. The molecule has 0 bridgehead atoms. The Morgan fingerprint density at radius 2 is 1.80 bits per heavy atom. The Balaban J connectivity index is 1.49. The van der Waals surface area contributed by atoms with Crippen LogP contribution in [0.2, 0.25) is 0 Å². The summed E-state index contributed by atoms with van der Waals surface area (Å²) >= 11 is 0. The number of nitrogens with zero attached hydrogens (tertiary/aromatic N) is 3. The van der Waals surface area contributed by atoms with E-state index in [0.29, 0.717) is 5.41 Å². The fourth-order valence-corrected chi connectivity index (χ4v) is 3.41. The molecule has 0 unspecified atom stereocenters. The first-order valence-corrected chi connectivity index (χ1v) is 7.86. The van der Waals surface area contributed by atoms with Gasteiger partial charge >= 0.3 is 0 Å². The van der Waals surface area contributed by atoms with E-state index in [1.807, 2.05) is 11.9 Å². The Hall–Kier alpha value is -1.26. The van der Waals surface area contributed by atoms with Crippen molar-refractivity contribution < 1.29 is 4.79 Å². The Morgan fingerprint density at radius 3 is 2.25 bits per heavy atom. The van der Waals surface area contributed by atoms with Gasteiger partial charge in [-0.1, -0.05) is 0 Å². The van der Waals surface area contributed by atoms with Crippen molar-refractivity contribution in [3.8, 4) is 0 Å². The van der Waals surface area contributed by atoms with Crippen LogP contribution in [-0.2, 0) is 4.79 Å². The minimum atomic E-state index is 0.179. The summed E-state index contributed by atoms with van der Waals surface area (Å²) in [5, 5.41) is 3.58. The maximum absolute atomic E-state index is 11.4. The van der Waals surface area contributed by atoms with Crippen LogP contribution in [0.4, 0.5) is 0 Å². The van der Waals surface area contributed by atoms with Crippen molar-refractivity contribution in [2.24, 2.45) is 16.3 Å². The van der Waals surface area contributed by atoms with Crippen LogP contribution in [0.5, 0.6) is 0 Å². The summed E-state index contributed by atoms with van der Waals surface area (Å²) in [6.45, 7) is 6.12. The second-order valence-corrected chi connectivity index (χ2v) is 6.53.